The van der Waals surface area contributed by atoms with Crippen molar-refractivity contribution in [2.75, 3.05) is 11.9 Å². The second-order valence-electron chi connectivity index (χ2n) is 4.94. The van der Waals surface area contributed by atoms with E-state index >= 15 is 0 Å². The van der Waals surface area contributed by atoms with Crippen molar-refractivity contribution in [2.24, 2.45) is 12.5 Å². The largest absolute Gasteiger partial charge is 0.481 e. The van der Waals surface area contributed by atoms with E-state index in [9.17, 15) is 20.0 Å². The number of nitro groups is 1. The van der Waals surface area contributed by atoms with Gasteiger partial charge in [0.25, 0.3) is 0 Å². The summed E-state index contributed by atoms with van der Waals surface area (Å²) in [6.45, 7) is 1.84. The first-order valence-corrected chi connectivity index (χ1v) is 6.02. The lowest BCUT2D eigenvalue weighted by Crippen LogP contribution is -2.43. The molecule has 2 N–H and O–H groups in total. The summed E-state index contributed by atoms with van der Waals surface area (Å²) >= 11 is 0. The highest BCUT2D eigenvalue weighted by Crippen LogP contribution is 2.41. The fraction of sp³-hybridized carbons (Fsp3) is 0.636. The van der Waals surface area contributed by atoms with Gasteiger partial charge < -0.3 is 20.5 Å². The molecule has 1 aliphatic carbocycles. The number of rotatable bonds is 5. The van der Waals surface area contributed by atoms with Crippen LogP contribution in [0.5, 0.6) is 0 Å². The number of nitrogens with zero attached hydrogens (tertiary/aromatic N) is 3. The van der Waals surface area contributed by atoms with Crippen molar-refractivity contribution in [1.29, 1.82) is 0 Å². The molecule has 8 nitrogen and oxygen atoms in total. The highest BCUT2D eigenvalue weighted by Gasteiger charge is 2.44. The molecule has 104 valence electrons. The molecule has 0 radical (unpaired) electrons. The van der Waals surface area contributed by atoms with E-state index in [4.69, 9.17) is 0 Å². The summed E-state index contributed by atoms with van der Waals surface area (Å²) in [7, 11) is 1.66. The van der Waals surface area contributed by atoms with Crippen molar-refractivity contribution in [1.82, 2.24) is 9.55 Å². The molecule has 1 heterocycles. The minimum Gasteiger partial charge on any atom is -0.481 e. The van der Waals surface area contributed by atoms with Gasteiger partial charge in [0.05, 0.1) is 5.41 Å². The first-order chi connectivity index (χ1) is 8.87. The van der Waals surface area contributed by atoms with Gasteiger partial charge in [-0.05, 0) is 22.7 Å². The summed E-state index contributed by atoms with van der Waals surface area (Å²) in [5.41, 5.74) is -0.800. The summed E-state index contributed by atoms with van der Waals surface area (Å²) in [5, 5.41) is 23.0. The summed E-state index contributed by atoms with van der Waals surface area (Å²) in [5.74, 6) is -0.352. The van der Waals surface area contributed by atoms with Gasteiger partial charge in [-0.2, -0.15) is 0 Å². The standard InChI is InChI=1S/C11H16N4O4/c1-7-13-9(15(18)19)8(14(7)2)12-6-11(10(16)17)4-3-5-11/h12H,3-6H2,1-2H3,(H,16,17). The number of carboxylic acids is 1. The molecule has 1 saturated carbocycles. The van der Waals surface area contributed by atoms with E-state index in [1.54, 1.807) is 18.5 Å². The molecule has 0 spiro atoms. The normalized spacial score (nSPS) is 16.7. The zero-order valence-electron chi connectivity index (χ0n) is 10.8. The van der Waals surface area contributed by atoms with Gasteiger partial charge in [0.2, 0.25) is 11.6 Å². The molecule has 1 fully saturated rings. The first-order valence-electron chi connectivity index (χ1n) is 6.02. The molecule has 19 heavy (non-hydrogen) atoms. The van der Waals surface area contributed by atoms with Crippen LogP contribution in [0.15, 0.2) is 0 Å². The molecule has 1 aromatic heterocycles. The van der Waals surface area contributed by atoms with Gasteiger partial charge in [-0.15, -0.1) is 0 Å². The van der Waals surface area contributed by atoms with Crippen LogP contribution in [-0.4, -0.2) is 32.1 Å². The molecule has 0 saturated heterocycles. The molecule has 2 rings (SSSR count). The van der Waals surface area contributed by atoms with E-state index in [2.05, 4.69) is 10.3 Å². The lowest BCUT2D eigenvalue weighted by atomic mass is 9.69. The van der Waals surface area contributed by atoms with Crippen LogP contribution in [0.4, 0.5) is 11.6 Å². The van der Waals surface area contributed by atoms with Crippen LogP contribution >= 0.6 is 0 Å². The Hall–Kier alpha value is -2.12. The maximum atomic E-state index is 11.2. The number of anilines is 1. The summed E-state index contributed by atoms with van der Waals surface area (Å²) in [6.07, 6.45) is 2.07. The minimum atomic E-state index is -0.854. The third-order valence-corrected chi connectivity index (χ3v) is 3.83. The molecular formula is C11H16N4O4. The van der Waals surface area contributed by atoms with E-state index in [0.29, 0.717) is 18.7 Å². The van der Waals surface area contributed by atoms with Crippen LogP contribution in [0.1, 0.15) is 25.1 Å². The average molecular weight is 268 g/mol. The SMILES string of the molecule is Cc1nc([N+](=O)[O-])c(NCC2(C(=O)O)CCC2)n1C. The van der Waals surface area contributed by atoms with Crippen molar-refractivity contribution in [3.05, 3.63) is 15.9 Å². The van der Waals surface area contributed by atoms with E-state index in [0.717, 1.165) is 6.42 Å². The number of carboxylic acid groups (broad SMARTS) is 1. The summed E-state index contributed by atoms with van der Waals surface area (Å²) in [6, 6.07) is 0. The number of hydrogen-bond acceptors (Lipinski definition) is 5. The molecule has 0 bridgehead atoms. The number of aromatic nitrogens is 2. The smallest absolute Gasteiger partial charge is 0.406 e. The van der Waals surface area contributed by atoms with Gasteiger partial charge in [0, 0.05) is 20.5 Å². The topological polar surface area (TPSA) is 110 Å². The van der Waals surface area contributed by atoms with Crippen molar-refractivity contribution >= 4 is 17.6 Å². The lowest BCUT2D eigenvalue weighted by molar-refractivity contribution is -0.388. The molecule has 1 aliphatic rings. The third kappa shape index (κ3) is 2.13. The Morgan fingerprint density at radius 2 is 2.26 bits per heavy atom. The van der Waals surface area contributed by atoms with E-state index in [1.807, 2.05) is 0 Å². The van der Waals surface area contributed by atoms with Crippen molar-refractivity contribution in [2.45, 2.75) is 26.2 Å². The maximum Gasteiger partial charge on any atom is 0.406 e. The summed E-state index contributed by atoms with van der Waals surface area (Å²) < 4.78 is 1.56. The molecule has 8 heteroatoms. The lowest BCUT2D eigenvalue weighted by Gasteiger charge is -2.37. The van der Waals surface area contributed by atoms with Crippen LogP contribution in [-0.2, 0) is 11.8 Å². The van der Waals surface area contributed by atoms with Crippen molar-refractivity contribution < 1.29 is 14.8 Å². The zero-order chi connectivity index (χ0) is 14.2. The molecule has 0 aromatic carbocycles. The number of hydrogen-bond donors (Lipinski definition) is 2. The Bertz CT molecular complexity index is 533. The number of aryl methyl sites for hydroxylation is 1. The number of carbonyl (C=O) groups is 1. The highest BCUT2D eigenvalue weighted by atomic mass is 16.6. The van der Waals surface area contributed by atoms with Crippen LogP contribution in [0.25, 0.3) is 0 Å². The average Bonchev–Trinajstić information content (AvgIpc) is 2.55. The van der Waals surface area contributed by atoms with Gasteiger partial charge in [-0.1, -0.05) is 6.42 Å². The van der Waals surface area contributed by atoms with E-state index < -0.39 is 16.3 Å². The van der Waals surface area contributed by atoms with Gasteiger partial charge in [0.1, 0.15) is 0 Å². The first kappa shape index (κ1) is 13.3. The van der Waals surface area contributed by atoms with Gasteiger partial charge in [-0.25, -0.2) is 0 Å². The molecular weight excluding hydrogens is 252 g/mol. The Labute approximate surface area is 109 Å². The molecule has 0 unspecified atom stereocenters. The minimum absolute atomic E-state index is 0.183. The molecule has 0 aliphatic heterocycles. The van der Waals surface area contributed by atoms with Crippen LogP contribution in [0.3, 0.4) is 0 Å². The number of nitrogens with one attached hydrogen (secondary N) is 1. The number of aliphatic carboxylic acids is 1. The maximum absolute atomic E-state index is 11.2. The second kappa shape index (κ2) is 4.52. The fourth-order valence-electron chi connectivity index (χ4n) is 2.24. The Morgan fingerprint density at radius 3 is 2.68 bits per heavy atom. The summed E-state index contributed by atoms with van der Waals surface area (Å²) in [4.78, 5) is 25.4. The molecule has 0 amide bonds. The molecule has 1 aromatic rings. The molecule has 0 atom stereocenters. The van der Waals surface area contributed by atoms with Crippen molar-refractivity contribution in [3.63, 3.8) is 0 Å². The monoisotopic (exact) mass is 268 g/mol. The number of imidazole rings is 1. The quantitative estimate of drug-likeness (QED) is 0.615. The Balaban J connectivity index is 2.20. The Kier molecular flexibility index (Phi) is 3.17. The van der Waals surface area contributed by atoms with Gasteiger partial charge >= 0.3 is 11.8 Å². The van der Waals surface area contributed by atoms with Crippen LogP contribution < -0.4 is 5.32 Å². The zero-order valence-corrected chi connectivity index (χ0v) is 10.8. The van der Waals surface area contributed by atoms with Crippen LogP contribution in [0.2, 0.25) is 0 Å². The fourth-order valence-corrected chi connectivity index (χ4v) is 2.24. The predicted octanol–water partition coefficient (Wildman–Crippen LogP) is 1.30. The van der Waals surface area contributed by atoms with Gasteiger partial charge in [0.15, 0.2) is 0 Å². The second-order valence-corrected chi connectivity index (χ2v) is 4.94. The predicted molar refractivity (Wildman–Crippen MR) is 67.0 cm³/mol. The van der Waals surface area contributed by atoms with Crippen molar-refractivity contribution in [3.8, 4) is 0 Å². The Morgan fingerprint density at radius 1 is 1.63 bits per heavy atom. The van der Waals surface area contributed by atoms with Gasteiger partial charge in [-0.3, -0.25) is 9.36 Å². The highest BCUT2D eigenvalue weighted by molar-refractivity contribution is 5.76. The van der Waals surface area contributed by atoms with E-state index in [-0.39, 0.29) is 18.2 Å². The third-order valence-electron chi connectivity index (χ3n) is 3.83. The van der Waals surface area contributed by atoms with Crippen LogP contribution in [0, 0.1) is 22.5 Å². The van der Waals surface area contributed by atoms with E-state index in [1.165, 1.54) is 0 Å².